The van der Waals surface area contributed by atoms with Gasteiger partial charge >= 0.3 is 0 Å². The van der Waals surface area contributed by atoms with E-state index >= 15 is 0 Å². The van der Waals surface area contributed by atoms with Gasteiger partial charge in [-0.1, -0.05) is 12.1 Å². The molecule has 1 aromatic carbocycles. The van der Waals surface area contributed by atoms with Gasteiger partial charge in [0.1, 0.15) is 5.82 Å². The zero-order valence-electron chi connectivity index (χ0n) is 9.44. The lowest BCUT2D eigenvalue weighted by atomic mass is 10.3. The fraction of sp³-hybridized carbons (Fsp3) is 0.167. The highest BCUT2D eigenvalue weighted by Gasteiger charge is 2.02. The maximum Gasteiger partial charge on any atom is 0.266 e. The standard InChI is InChI=1S/C12H11FIN3O/c13-9-3-1-2-4-11(9)16-5-6-17-8-15-7-10(14)12(17)18/h1-4,7-8,16H,5-6H2. The highest BCUT2D eigenvalue weighted by molar-refractivity contribution is 14.1. The number of aromatic nitrogens is 2. The monoisotopic (exact) mass is 359 g/mol. The molecule has 1 N–H and O–H groups in total. The van der Waals surface area contributed by atoms with Crippen LogP contribution in [0.1, 0.15) is 0 Å². The molecule has 18 heavy (non-hydrogen) atoms. The van der Waals surface area contributed by atoms with Crippen LogP contribution in [0.3, 0.4) is 0 Å². The Morgan fingerprint density at radius 2 is 2.17 bits per heavy atom. The van der Waals surface area contributed by atoms with Gasteiger partial charge in [-0.05, 0) is 34.7 Å². The van der Waals surface area contributed by atoms with Crippen LogP contribution >= 0.6 is 22.6 Å². The summed E-state index contributed by atoms with van der Waals surface area (Å²) in [5, 5.41) is 2.94. The quantitative estimate of drug-likeness (QED) is 0.851. The first-order valence-electron chi connectivity index (χ1n) is 5.37. The van der Waals surface area contributed by atoms with E-state index in [0.717, 1.165) is 0 Å². The number of nitrogens with one attached hydrogen (secondary N) is 1. The van der Waals surface area contributed by atoms with Crippen molar-refractivity contribution >= 4 is 28.3 Å². The summed E-state index contributed by atoms with van der Waals surface area (Å²) in [4.78, 5) is 15.6. The average Bonchev–Trinajstić information content (AvgIpc) is 2.37. The van der Waals surface area contributed by atoms with Gasteiger partial charge in [0.2, 0.25) is 0 Å². The topological polar surface area (TPSA) is 46.9 Å². The molecule has 0 fully saturated rings. The SMILES string of the molecule is O=c1c(I)cncn1CCNc1ccccc1F. The first-order valence-corrected chi connectivity index (χ1v) is 6.44. The number of benzene rings is 1. The summed E-state index contributed by atoms with van der Waals surface area (Å²) in [7, 11) is 0. The predicted molar refractivity (Wildman–Crippen MR) is 76.1 cm³/mol. The lowest BCUT2D eigenvalue weighted by Crippen LogP contribution is -2.25. The molecule has 0 spiro atoms. The van der Waals surface area contributed by atoms with Gasteiger partial charge in [-0.15, -0.1) is 0 Å². The normalized spacial score (nSPS) is 10.3. The molecule has 0 aliphatic carbocycles. The van der Waals surface area contributed by atoms with Crippen molar-refractivity contribution in [2.24, 2.45) is 0 Å². The molecule has 6 heteroatoms. The Morgan fingerprint density at radius 1 is 1.39 bits per heavy atom. The van der Waals surface area contributed by atoms with Crippen molar-refractivity contribution in [2.45, 2.75) is 6.54 Å². The molecule has 0 aliphatic rings. The van der Waals surface area contributed by atoms with Crippen molar-refractivity contribution in [3.05, 3.63) is 56.5 Å². The summed E-state index contributed by atoms with van der Waals surface area (Å²) in [5.41, 5.74) is 0.352. The van der Waals surface area contributed by atoms with Crippen LogP contribution in [-0.4, -0.2) is 16.1 Å². The van der Waals surface area contributed by atoms with Gasteiger partial charge in [0.25, 0.3) is 5.56 Å². The van der Waals surface area contributed by atoms with Crippen molar-refractivity contribution < 1.29 is 4.39 Å². The van der Waals surface area contributed by atoms with E-state index in [1.54, 1.807) is 18.2 Å². The van der Waals surface area contributed by atoms with Gasteiger partial charge in [0, 0.05) is 19.3 Å². The van der Waals surface area contributed by atoms with Crippen molar-refractivity contribution in [1.29, 1.82) is 0 Å². The molecule has 0 aliphatic heterocycles. The minimum Gasteiger partial charge on any atom is -0.381 e. The Morgan fingerprint density at radius 3 is 2.94 bits per heavy atom. The molecule has 0 bridgehead atoms. The van der Waals surface area contributed by atoms with Gasteiger partial charge in [-0.3, -0.25) is 9.36 Å². The minimum atomic E-state index is -0.300. The molecule has 2 rings (SSSR count). The first kappa shape index (κ1) is 13.0. The molecule has 0 amide bonds. The largest absolute Gasteiger partial charge is 0.381 e. The summed E-state index contributed by atoms with van der Waals surface area (Å²) >= 11 is 1.94. The number of anilines is 1. The number of hydrogen-bond acceptors (Lipinski definition) is 3. The predicted octanol–water partition coefficient (Wildman–Crippen LogP) is 2.10. The maximum absolute atomic E-state index is 13.3. The van der Waals surface area contributed by atoms with E-state index in [2.05, 4.69) is 10.3 Å². The summed E-state index contributed by atoms with van der Waals surface area (Å²) in [5.74, 6) is -0.300. The second kappa shape index (κ2) is 5.94. The molecule has 4 nitrogen and oxygen atoms in total. The van der Waals surface area contributed by atoms with E-state index in [0.29, 0.717) is 22.3 Å². The van der Waals surface area contributed by atoms with Crippen LogP contribution in [0, 0.1) is 9.39 Å². The van der Waals surface area contributed by atoms with E-state index in [9.17, 15) is 9.18 Å². The number of para-hydroxylation sites is 1. The van der Waals surface area contributed by atoms with Crippen molar-refractivity contribution in [1.82, 2.24) is 9.55 Å². The molecule has 2 aromatic rings. The highest BCUT2D eigenvalue weighted by Crippen LogP contribution is 2.11. The smallest absolute Gasteiger partial charge is 0.266 e. The average molecular weight is 359 g/mol. The third-order valence-electron chi connectivity index (χ3n) is 2.40. The summed E-state index contributed by atoms with van der Waals surface area (Å²) in [6, 6.07) is 6.44. The van der Waals surface area contributed by atoms with Crippen LogP contribution in [0.25, 0.3) is 0 Å². The van der Waals surface area contributed by atoms with E-state index in [1.165, 1.54) is 23.2 Å². The van der Waals surface area contributed by atoms with Gasteiger partial charge in [-0.25, -0.2) is 9.37 Å². The summed E-state index contributed by atoms with van der Waals surface area (Å²) in [6.45, 7) is 0.902. The zero-order chi connectivity index (χ0) is 13.0. The highest BCUT2D eigenvalue weighted by atomic mass is 127. The van der Waals surface area contributed by atoms with Crippen molar-refractivity contribution in [2.75, 3.05) is 11.9 Å². The molecular formula is C12H11FIN3O. The Hall–Kier alpha value is -1.44. The Bertz CT molecular complexity index is 600. The molecule has 0 saturated heterocycles. The van der Waals surface area contributed by atoms with Crippen molar-refractivity contribution in [3.8, 4) is 0 Å². The van der Waals surface area contributed by atoms with Gasteiger partial charge in [0.15, 0.2) is 0 Å². The van der Waals surface area contributed by atoms with Crippen LogP contribution in [-0.2, 0) is 6.54 Å². The van der Waals surface area contributed by atoms with E-state index in [-0.39, 0.29) is 11.4 Å². The Balaban J connectivity index is 1.99. The Labute approximate surface area is 117 Å². The molecular weight excluding hydrogens is 348 g/mol. The summed E-state index contributed by atoms with van der Waals surface area (Å²) in [6.07, 6.45) is 3.00. The zero-order valence-corrected chi connectivity index (χ0v) is 11.6. The first-order chi connectivity index (χ1) is 8.68. The molecule has 1 heterocycles. The van der Waals surface area contributed by atoms with Crippen LogP contribution in [0.2, 0.25) is 0 Å². The number of nitrogens with zero attached hydrogens (tertiary/aromatic N) is 2. The second-order valence-corrected chi connectivity index (χ2v) is 4.81. The lowest BCUT2D eigenvalue weighted by molar-refractivity contribution is 0.625. The summed E-state index contributed by atoms with van der Waals surface area (Å²) < 4.78 is 15.4. The second-order valence-electron chi connectivity index (χ2n) is 3.65. The third kappa shape index (κ3) is 3.06. The molecule has 0 radical (unpaired) electrons. The van der Waals surface area contributed by atoms with Crippen molar-refractivity contribution in [3.63, 3.8) is 0 Å². The van der Waals surface area contributed by atoms with E-state index in [1.807, 2.05) is 22.6 Å². The number of hydrogen-bond donors (Lipinski definition) is 1. The number of halogens is 2. The Kier molecular flexibility index (Phi) is 4.29. The third-order valence-corrected chi connectivity index (χ3v) is 3.14. The molecule has 0 atom stereocenters. The van der Waals surface area contributed by atoms with Gasteiger partial charge in [-0.2, -0.15) is 0 Å². The molecule has 94 valence electrons. The molecule has 0 saturated carbocycles. The van der Waals surface area contributed by atoms with Gasteiger partial charge in [0.05, 0.1) is 15.6 Å². The molecule has 1 aromatic heterocycles. The maximum atomic E-state index is 13.3. The molecule has 0 unspecified atom stereocenters. The fourth-order valence-corrected chi connectivity index (χ4v) is 1.97. The van der Waals surface area contributed by atoms with Crippen LogP contribution in [0.4, 0.5) is 10.1 Å². The van der Waals surface area contributed by atoms with E-state index < -0.39 is 0 Å². The number of rotatable bonds is 4. The van der Waals surface area contributed by atoms with Gasteiger partial charge < -0.3 is 5.32 Å². The minimum absolute atomic E-state index is 0.0825. The van der Waals surface area contributed by atoms with Crippen LogP contribution in [0.5, 0.6) is 0 Å². The fourth-order valence-electron chi connectivity index (χ4n) is 1.50. The van der Waals surface area contributed by atoms with E-state index in [4.69, 9.17) is 0 Å². The van der Waals surface area contributed by atoms with Crippen LogP contribution in [0.15, 0.2) is 41.6 Å². The van der Waals surface area contributed by atoms with Crippen LogP contribution < -0.4 is 10.9 Å². The lowest BCUT2D eigenvalue weighted by Gasteiger charge is -2.08.